The van der Waals surface area contributed by atoms with Crippen molar-refractivity contribution >= 4 is 0 Å². The molecule has 1 rings (SSSR count). The Morgan fingerprint density at radius 1 is 1.05 bits per heavy atom. The molecule has 0 N–H and O–H groups in total. The van der Waals surface area contributed by atoms with E-state index in [1.54, 1.807) is 0 Å². The second-order valence-electron chi connectivity index (χ2n) is 6.80. The second kappa shape index (κ2) is 8.43. The van der Waals surface area contributed by atoms with Gasteiger partial charge in [-0.05, 0) is 50.2 Å². The number of aryl methyl sites for hydroxylation is 1. The van der Waals surface area contributed by atoms with Gasteiger partial charge in [-0.2, -0.15) is 0 Å². The maximum absolute atomic E-state index is 6.50. The van der Waals surface area contributed by atoms with E-state index in [0.717, 1.165) is 18.6 Å². The van der Waals surface area contributed by atoms with Crippen LogP contribution < -0.4 is 4.74 Å². The van der Waals surface area contributed by atoms with E-state index in [-0.39, 0.29) is 5.60 Å². The summed E-state index contributed by atoms with van der Waals surface area (Å²) in [6.45, 7) is 15.9. The van der Waals surface area contributed by atoms with Crippen LogP contribution in [0.5, 0.6) is 5.75 Å². The van der Waals surface area contributed by atoms with Crippen LogP contribution in [0.1, 0.15) is 46.1 Å². The normalized spacial score (nSPS) is 12.2. The lowest BCUT2D eigenvalue weighted by Crippen LogP contribution is -2.44. The zero-order chi connectivity index (χ0) is 15.9. The molecule has 0 aliphatic rings. The lowest BCUT2D eigenvalue weighted by molar-refractivity contribution is -0.0467. The van der Waals surface area contributed by atoms with Gasteiger partial charge >= 0.3 is 0 Å². The molecule has 0 unspecified atom stereocenters. The number of ether oxygens (including phenoxy) is 2. The highest BCUT2D eigenvalue weighted by atomic mass is 16.5. The number of hydrogen-bond donors (Lipinski definition) is 0. The second-order valence-corrected chi connectivity index (χ2v) is 6.80. The first kappa shape index (κ1) is 18.0. The number of hydrogen-bond acceptors (Lipinski definition) is 2. The molecule has 0 amide bonds. The van der Waals surface area contributed by atoms with E-state index in [9.17, 15) is 0 Å². The van der Waals surface area contributed by atoms with Crippen molar-refractivity contribution in [1.82, 2.24) is 0 Å². The van der Waals surface area contributed by atoms with Gasteiger partial charge in [0, 0.05) is 6.61 Å². The SMILES string of the molecule is [CH2]COCC(CC(C)C)(CC(C)C)Oc1ccccc1C. The molecule has 1 radical (unpaired) electrons. The lowest BCUT2D eigenvalue weighted by atomic mass is 9.85. The lowest BCUT2D eigenvalue weighted by Gasteiger charge is -2.37. The summed E-state index contributed by atoms with van der Waals surface area (Å²) < 4.78 is 12.2. The monoisotopic (exact) mass is 291 g/mol. The van der Waals surface area contributed by atoms with Crippen LogP contribution in [0.25, 0.3) is 0 Å². The van der Waals surface area contributed by atoms with Crippen molar-refractivity contribution in [1.29, 1.82) is 0 Å². The molecule has 0 fully saturated rings. The first-order chi connectivity index (χ1) is 9.88. The first-order valence-corrected chi connectivity index (χ1v) is 8.00. The summed E-state index contributed by atoms with van der Waals surface area (Å²) >= 11 is 0. The third-order valence-electron chi connectivity index (χ3n) is 3.49. The topological polar surface area (TPSA) is 18.5 Å². The van der Waals surface area contributed by atoms with Crippen LogP contribution in [-0.4, -0.2) is 18.8 Å². The average Bonchev–Trinajstić information content (AvgIpc) is 2.37. The summed E-state index contributed by atoms with van der Waals surface area (Å²) in [6.07, 6.45) is 1.97. The Labute approximate surface area is 130 Å². The van der Waals surface area contributed by atoms with Crippen molar-refractivity contribution in [3.8, 4) is 5.75 Å². The Kier molecular flexibility index (Phi) is 7.24. The van der Waals surface area contributed by atoms with Gasteiger partial charge in [0.2, 0.25) is 0 Å². The van der Waals surface area contributed by atoms with Crippen molar-refractivity contribution in [2.24, 2.45) is 11.8 Å². The molecule has 1 aromatic rings. The van der Waals surface area contributed by atoms with Gasteiger partial charge in [0.15, 0.2) is 0 Å². The van der Waals surface area contributed by atoms with E-state index in [2.05, 4.69) is 53.7 Å². The van der Waals surface area contributed by atoms with Crippen LogP contribution in [0.4, 0.5) is 0 Å². The van der Waals surface area contributed by atoms with Crippen LogP contribution in [0, 0.1) is 25.7 Å². The van der Waals surface area contributed by atoms with E-state index in [1.165, 1.54) is 5.56 Å². The summed E-state index contributed by atoms with van der Waals surface area (Å²) in [4.78, 5) is 0. The molecule has 2 heteroatoms. The third kappa shape index (κ3) is 6.09. The molecule has 0 aliphatic heterocycles. The minimum Gasteiger partial charge on any atom is -0.485 e. The average molecular weight is 291 g/mol. The molecule has 0 bridgehead atoms. The molecular formula is C19H31O2. The standard InChI is InChI=1S/C19H31O2/c1-7-20-14-19(12-15(2)3,13-16(4)5)21-18-11-9-8-10-17(18)6/h8-11,15-16H,1,7,12-14H2,2-6H3. The zero-order valence-corrected chi connectivity index (χ0v) is 14.3. The Morgan fingerprint density at radius 3 is 2.10 bits per heavy atom. The molecule has 119 valence electrons. The fourth-order valence-electron chi connectivity index (χ4n) is 2.96. The highest BCUT2D eigenvalue weighted by molar-refractivity contribution is 5.32. The van der Waals surface area contributed by atoms with E-state index in [4.69, 9.17) is 9.47 Å². The molecule has 0 aromatic heterocycles. The van der Waals surface area contributed by atoms with Crippen molar-refractivity contribution in [2.45, 2.75) is 53.1 Å². The fourth-order valence-corrected chi connectivity index (χ4v) is 2.96. The predicted molar refractivity (Wildman–Crippen MR) is 89.6 cm³/mol. The van der Waals surface area contributed by atoms with Gasteiger partial charge in [0.1, 0.15) is 11.4 Å². The molecule has 0 saturated heterocycles. The molecule has 21 heavy (non-hydrogen) atoms. The van der Waals surface area contributed by atoms with Gasteiger partial charge in [-0.3, -0.25) is 0 Å². The summed E-state index contributed by atoms with van der Waals surface area (Å²) in [5.41, 5.74) is 0.899. The number of rotatable bonds is 9. The molecule has 2 nitrogen and oxygen atoms in total. The molecule has 1 aromatic carbocycles. The summed E-state index contributed by atoms with van der Waals surface area (Å²) in [5.74, 6) is 2.08. The van der Waals surface area contributed by atoms with Crippen molar-refractivity contribution < 1.29 is 9.47 Å². The van der Waals surface area contributed by atoms with E-state index < -0.39 is 0 Å². The highest BCUT2D eigenvalue weighted by Gasteiger charge is 2.35. The van der Waals surface area contributed by atoms with E-state index >= 15 is 0 Å². The molecule has 0 heterocycles. The van der Waals surface area contributed by atoms with Crippen LogP contribution in [0.3, 0.4) is 0 Å². The van der Waals surface area contributed by atoms with E-state index in [0.29, 0.717) is 25.0 Å². The van der Waals surface area contributed by atoms with Gasteiger partial charge in [-0.1, -0.05) is 45.9 Å². The summed E-state index contributed by atoms with van der Waals surface area (Å²) in [7, 11) is 0. The number of para-hydroxylation sites is 1. The molecular weight excluding hydrogens is 260 g/mol. The van der Waals surface area contributed by atoms with Gasteiger partial charge < -0.3 is 9.47 Å². The fraction of sp³-hybridized carbons (Fsp3) is 0.632. The predicted octanol–water partition coefficient (Wildman–Crippen LogP) is 5.06. The molecule has 0 aliphatic carbocycles. The van der Waals surface area contributed by atoms with Gasteiger partial charge in [0.25, 0.3) is 0 Å². The minimum atomic E-state index is -0.272. The van der Waals surface area contributed by atoms with Gasteiger partial charge in [-0.15, -0.1) is 0 Å². The third-order valence-corrected chi connectivity index (χ3v) is 3.49. The largest absolute Gasteiger partial charge is 0.485 e. The smallest absolute Gasteiger partial charge is 0.133 e. The minimum absolute atomic E-state index is 0.272. The Morgan fingerprint density at radius 2 is 1.62 bits per heavy atom. The Hall–Kier alpha value is -1.02. The quantitative estimate of drug-likeness (QED) is 0.633. The Bertz CT molecular complexity index is 400. The van der Waals surface area contributed by atoms with Crippen LogP contribution in [0.15, 0.2) is 24.3 Å². The van der Waals surface area contributed by atoms with Crippen molar-refractivity contribution in [3.05, 3.63) is 36.8 Å². The van der Waals surface area contributed by atoms with Gasteiger partial charge in [0.05, 0.1) is 6.61 Å². The first-order valence-electron chi connectivity index (χ1n) is 8.00. The zero-order valence-electron chi connectivity index (χ0n) is 14.3. The van der Waals surface area contributed by atoms with Crippen LogP contribution >= 0.6 is 0 Å². The Balaban J connectivity index is 3.04. The number of benzene rings is 1. The molecule has 0 atom stereocenters. The summed E-state index contributed by atoms with van der Waals surface area (Å²) in [6, 6.07) is 8.21. The van der Waals surface area contributed by atoms with Crippen LogP contribution in [-0.2, 0) is 4.74 Å². The van der Waals surface area contributed by atoms with Crippen molar-refractivity contribution in [3.63, 3.8) is 0 Å². The maximum Gasteiger partial charge on any atom is 0.133 e. The van der Waals surface area contributed by atoms with Crippen molar-refractivity contribution in [2.75, 3.05) is 13.2 Å². The summed E-state index contributed by atoms with van der Waals surface area (Å²) in [5, 5.41) is 0. The van der Waals surface area contributed by atoms with Crippen LogP contribution in [0.2, 0.25) is 0 Å². The highest BCUT2D eigenvalue weighted by Crippen LogP contribution is 2.32. The molecule has 0 saturated carbocycles. The van der Waals surface area contributed by atoms with Gasteiger partial charge in [-0.25, -0.2) is 0 Å². The van der Waals surface area contributed by atoms with E-state index in [1.807, 2.05) is 12.1 Å². The maximum atomic E-state index is 6.50. The molecule has 0 spiro atoms.